The summed E-state index contributed by atoms with van der Waals surface area (Å²) in [6, 6.07) is 14.1. The zero-order valence-corrected chi connectivity index (χ0v) is 14.8. The maximum atomic E-state index is 12.7. The molecular formula is C20H21N3O3. The first-order valence-corrected chi connectivity index (χ1v) is 8.58. The van der Waals surface area contributed by atoms with Crippen LogP contribution in [0.2, 0.25) is 0 Å². The molecule has 0 aliphatic heterocycles. The summed E-state index contributed by atoms with van der Waals surface area (Å²) in [7, 11) is 0. The second kappa shape index (κ2) is 7.39. The van der Waals surface area contributed by atoms with Crippen LogP contribution in [0.1, 0.15) is 30.5 Å². The number of nitrogens with one attached hydrogen (secondary N) is 1. The Labute approximate surface area is 151 Å². The Morgan fingerprint density at radius 2 is 1.96 bits per heavy atom. The van der Waals surface area contributed by atoms with E-state index in [1.54, 1.807) is 12.1 Å². The van der Waals surface area contributed by atoms with Gasteiger partial charge in [0, 0.05) is 35.8 Å². The summed E-state index contributed by atoms with van der Waals surface area (Å²) in [5.74, 6) is -0.0633. The normalized spacial score (nSPS) is 12.1. The molecule has 0 aliphatic carbocycles. The average molecular weight is 351 g/mol. The maximum Gasteiger partial charge on any atom is 0.270 e. The van der Waals surface area contributed by atoms with Gasteiger partial charge in [-0.15, -0.1) is 0 Å². The van der Waals surface area contributed by atoms with Crippen molar-refractivity contribution in [3.05, 3.63) is 76.0 Å². The molecule has 1 amide bonds. The number of rotatable bonds is 6. The molecule has 134 valence electrons. The van der Waals surface area contributed by atoms with E-state index in [0.717, 1.165) is 22.0 Å². The fourth-order valence-corrected chi connectivity index (χ4v) is 3.20. The molecule has 2 aromatic carbocycles. The standard InChI is InChI=1S/C20H21N3O3/c1-3-18(20(24)21-12-15-7-5-4-6-8-15)22-13-14(2)17-11-16(23(25)26)9-10-19(17)22/h4-11,13,18H,3,12H2,1-2H3,(H,21,24). The number of fused-ring (bicyclic) bond motifs is 1. The number of hydrogen-bond donors (Lipinski definition) is 1. The molecule has 6 heteroatoms. The van der Waals surface area contributed by atoms with Crippen molar-refractivity contribution in [3.8, 4) is 0 Å². The molecule has 0 bridgehead atoms. The van der Waals surface area contributed by atoms with E-state index in [9.17, 15) is 14.9 Å². The Morgan fingerprint density at radius 1 is 1.23 bits per heavy atom. The number of aromatic nitrogens is 1. The van der Waals surface area contributed by atoms with E-state index < -0.39 is 4.92 Å². The van der Waals surface area contributed by atoms with E-state index in [1.807, 2.05) is 54.9 Å². The molecule has 26 heavy (non-hydrogen) atoms. The number of aryl methyl sites for hydroxylation is 1. The summed E-state index contributed by atoms with van der Waals surface area (Å²) in [6.45, 7) is 4.33. The summed E-state index contributed by atoms with van der Waals surface area (Å²) in [5.41, 5.74) is 2.84. The van der Waals surface area contributed by atoms with E-state index in [0.29, 0.717) is 13.0 Å². The van der Waals surface area contributed by atoms with Gasteiger partial charge in [-0.2, -0.15) is 0 Å². The molecular weight excluding hydrogens is 330 g/mol. The fraction of sp³-hybridized carbons (Fsp3) is 0.250. The lowest BCUT2D eigenvalue weighted by molar-refractivity contribution is -0.384. The molecule has 1 unspecified atom stereocenters. The molecule has 0 spiro atoms. The van der Waals surface area contributed by atoms with Crippen LogP contribution in [0.15, 0.2) is 54.7 Å². The summed E-state index contributed by atoms with van der Waals surface area (Å²) in [6.07, 6.45) is 2.52. The van der Waals surface area contributed by atoms with Crippen LogP contribution in [-0.4, -0.2) is 15.4 Å². The van der Waals surface area contributed by atoms with E-state index in [2.05, 4.69) is 5.32 Å². The number of nitrogens with zero attached hydrogens (tertiary/aromatic N) is 2. The largest absolute Gasteiger partial charge is 0.350 e. The zero-order chi connectivity index (χ0) is 18.7. The first-order valence-electron chi connectivity index (χ1n) is 8.58. The first kappa shape index (κ1) is 17.7. The molecule has 1 atom stereocenters. The Morgan fingerprint density at radius 3 is 2.62 bits per heavy atom. The molecule has 0 aliphatic rings. The molecule has 6 nitrogen and oxygen atoms in total. The molecule has 0 fully saturated rings. The average Bonchev–Trinajstić information content (AvgIpc) is 2.97. The second-order valence-electron chi connectivity index (χ2n) is 6.31. The molecule has 0 saturated heterocycles. The number of nitro benzene ring substituents is 1. The van der Waals surface area contributed by atoms with Crippen molar-refractivity contribution in [2.45, 2.75) is 32.9 Å². The minimum atomic E-state index is -0.403. The van der Waals surface area contributed by atoms with Gasteiger partial charge in [-0.3, -0.25) is 14.9 Å². The molecule has 1 N–H and O–H groups in total. The van der Waals surface area contributed by atoms with Crippen LogP contribution in [0, 0.1) is 17.0 Å². The Balaban J connectivity index is 1.87. The number of nitro groups is 1. The SMILES string of the molecule is CCC(C(=O)NCc1ccccc1)n1cc(C)c2cc([N+](=O)[O-])ccc21. The summed E-state index contributed by atoms with van der Waals surface area (Å²) in [5, 5.41) is 14.8. The predicted octanol–water partition coefficient (Wildman–Crippen LogP) is 4.13. The Hall–Kier alpha value is -3.15. The number of non-ortho nitro benzene ring substituents is 1. The maximum absolute atomic E-state index is 12.7. The van der Waals surface area contributed by atoms with Crippen LogP contribution < -0.4 is 5.32 Å². The third kappa shape index (κ3) is 3.44. The van der Waals surface area contributed by atoms with Gasteiger partial charge in [-0.25, -0.2) is 0 Å². The quantitative estimate of drug-likeness (QED) is 0.536. The van der Waals surface area contributed by atoms with E-state index in [4.69, 9.17) is 0 Å². The number of hydrogen-bond acceptors (Lipinski definition) is 3. The van der Waals surface area contributed by atoms with Crippen molar-refractivity contribution >= 4 is 22.5 Å². The lowest BCUT2D eigenvalue weighted by atomic mass is 10.1. The predicted molar refractivity (Wildman–Crippen MR) is 101 cm³/mol. The molecule has 3 aromatic rings. The van der Waals surface area contributed by atoms with Crippen LogP contribution in [-0.2, 0) is 11.3 Å². The van der Waals surface area contributed by atoms with E-state index in [-0.39, 0.29) is 17.6 Å². The monoisotopic (exact) mass is 351 g/mol. The van der Waals surface area contributed by atoms with Crippen LogP contribution in [0.5, 0.6) is 0 Å². The van der Waals surface area contributed by atoms with Crippen molar-refractivity contribution in [2.24, 2.45) is 0 Å². The van der Waals surface area contributed by atoms with Crippen molar-refractivity contribution in [3.63, 3.8) is 0 Å². The minimum Gasteiger partial charge on any atom is -0.350 e. The van der Waals surface area contributed by atoms with Crippen LogP contribution in [0.25, 0.3) is 10.9 Å². The van der Waals surface area contributed by atoms with E-state index in [1.165, 1.54) is 6.07 Å². The number of amides is 1. The lowest BCUT2D eigenvalue weighted by Crippen LogP contribution is -2.31. The number of benzene rings is 2. The van der Waals surface area contributed by atoms with Gasteiger partial charge in [0.1, 0.15) is 6.04 Å². The van der Waals surface area contributed by atoms with Gasteiger partial charge >= 0.3 is 0 Å². The Bertz CT molecular complexity index is 948. The highest BCUT2D eigenvalue weighted by molar-refractivity contribution is 5.89. The summed E-state index contributed by atoms with van der Waals surface area (Å²) >= 11 is 0. The Kier molecular flexibility index (Phi) is 5.02. The van der Waals surface area contributed by atoms with Crippen LogP contribution >= 0.6 is 0 Å². The fourth-order valence-electron chi connectivity index (χ4n) is 3.20. The number of carbonyl (C=O) groups excluding carboxylic acids is 1. The third-order valence-corrected chi connectivity index (χ3v) is 4.56. The molecule has 3 rings (SSSR count). The highest BCUT2D eigenvalue weighted by atomic mass is 16.6. The number of carbonyl (C=O) groups is 1. The molecule has 1 heterocycles. The van der Waals surface area contributed by atoms with Crippen LogP contribution in [0.4, 0.5) is 5.69 Å². The van der Waals surface area contributed by atoms with Crippen molar-refractivity contribution in [1.82, 2.24) is 9.88 Å². The van der Waals surface area contributed by atoms with Gasteiger partial charge in [0.25, 0.3) is 5.69 Å². The van der Waals surface area contributed by atoms with Gasteiger partial charge in [-0.1, -0.05) is 37.3 Å². The first-order chi connectivity index (χ1) is 12.5. The van der Waals surface area contributed by atoms with Crippen molar-refractivity contribution in [2.75, 3.05) is 0 Å². The van der Waals surface area contributed by atoms with Crippen LogP contribution in [0.3, 0.4) is 0 Å². The van der Waals surface area contributed by atoms with E-state index >= 15 is 0 Å². The van der Waals surface area contributed by atoms with Gasteiger partial charge < -0.3 is 9.88 Å². The van der Waals surface area contributed by atoms with Gasteiger partial charge in [0.15, 0.2) is 0 Å². The molecule has 0 saturated carbocycles. The van der Waals surface area contributed by atoms with Gasteiger partial charge in [0.05, 0.1) is 4.92 Å². The topological polar surface area (TPSA) is 77.2 Å². The highest BCUT2D eigenvalue weighted by Crippen LogP contribution is 2.29. The van der Waals surface area contributed by atoms with Gasteiger partial charge in [0.2, 0.25) is 5.91 Å². The van der Waals surface area contributed by atoms with Gasteiger partial charge in [-0.05, 0) is 30.5 Å². The highest BCUT2D eigenvalue weighted by Gasteiger charge is 2.21. The summed E-state index contributed by atoms with van der Waals surface area (Å²) < 4.78 is 1.91. The smallest absolute Gasteiger partial charge is 0.270 e. The molecule has 0 radical (unpaired) electrons. The third-order valence-electron chi connectivity index (χ3n) is 4.56. The second-order valence-corrected chi connectivity index (χ2v) is 6.31. The molecule has 1 aromatic heterocycles. The van der Waals surface area contributed by atoms with Crippen molar-refractivity contribution in [1.29, 1.82) is 0 Å². The van der Waals surface area contributed by atoms with Crippen molar-refractivity contribution < 1.29 is 9.72 Å². The summed E-state index contributed by atoms with van der Waals surface area (Å²) in [4.78, 5) is 23.3. The zero-order valence-electron chi connectivity index (χ0n) is 14.8. The minimum absolute atomic E-state index is 0.0555. The lowest BCUT2D eigenvalue weighted by Gasteiger charge is -2.18.